The largest absolute Gasteiger partial charge is 0.353 e. The number of fused-ring (bicyclic) bond motifs is 1. The van der Waals surface area contributed by atoms with Crippen molar-refractivity contribution in [2.45, 2.75) is 50.7 Å². The molecular formula is C23H25N3O2S. The normalized spacial score (nSPS) is 14.4. The van der Waals surface area contributed by atoms with Gasteiger partial charge in [0, 0.05) is 6.04 Å². The number of rotatable bonds is 5. The van der Waals surface area contributed by atoms with Crippen LogP contribution in [0.25, 0.3) is 16.6 Å². The summed E-state index contributed by atoms with van der Waals surface area (Å²) in [6.45, 7) is 4.07. The predicted octanol–water partition coefficient (Wildman–Crippen LogP) is 4.15. The van der Waals surface area contributed by atoms with Gasteiger partial charge in [0.2, 0.25) is 5.91 Å². The number of thioether (sulfide) groups is 1. The molecule has 1 aliphatic rings. The maximum atomic E-state index is 13.3. The molecule has 1 fully saturated rings. The van der Waals surface area contributed by atoms with E-state index in [4.69, 9.17) is 4.98 Å². The molecular weight excluding hydrogens is 382 g/mol. The van der Waals surface area contributed by atoms with E-state index in [-0.39, 0.29) is 23.3 Å². The first-order chi connectivity index (χ1) is 14.0. The summed E-state index contributed by atoms with van der Waals surface area (Å²) in [7, 11) is 0. The van der Waals surface area contributed by atoms with Gasteiger partial charge in [0.25, 0.3) is 5.56 Å². The zero-order valence-corrected chi connectivity index (χ0v) is 17.6. The second-order valence-corrected chi connectivity index (χ2v) is 8.60. The fraction of sp³-hybridized carbons (Fsp3) is 0.348. The van der Waals surface area contributed by atoms with E-state index in [1.807, 2.05) is 50.2 Å². The number of aryl methyl sites for hydroxylation is 2. The van der Waals surface area contributed by atoms with Gasteiger partial charge in [-0.2, -0.15) is 0 Å². The molecule has 29 heavy (non-hydrogen) atoms. The van der Waals surface area contributed by atoms with Crippen molar-refractivity contribution in [3.63, 3.8) is 0 Å². The summed E-state index contributed by atoms with van der Waals surface area (Å²) in [4.78, 5) is 30.4. The first-order valence-corrected chi connectivity index (χ1v) is 11.0. The first-order valence-electron chi connectivity index (χ1n) is 10.0. The molecule has 0 saturated heterocycles. The second-order valence-electron chi connectivity index (χ2n) is 7.66. The molecule has 0 spiro atoms. The second kappa shape index (κ2) is 8.41. The zero-order valence-electron chi connectivity index (χ0n) is 16.8. The lowest BCUT2D eigenvalue weighted by Crippen LogP contribution is -2.34. The summed E-state index contributed by atoms with van der Waals surface area (Å²) in [5.74, 6) is 0.238. The molecule has 1 amide bonds. The van der Waals surface area contributed by atoms with Gasteiger partial charge < -0.3 is 5.32 Å². The minimum absolute atomic E-state index is 0.00376. The van der Waals surface area contributed by atoms with E-state index in [0.717, 1.165) is 24.1 Å². The average molecular weight is 408 g/mol. The number of carbonyl (C=O) groups excluding carboxylic acids is 1. The number of hydrogen-bond acceptors (Lipinski definition) is 4. The van der Waals surface area contributed by atoms with E-state index < -0.39 is 0 Å². The van der Waals surface area contributed by atoms with Gasteiger partial charge in [0.1, 0.15) is 0 Å². The van der Waals surface area contributed by atoms with E-state index in [1.54, 1.807) is 10.6 Å². The van der Waals surface area contributed by atoms with Gasteiger partial charge >= 0.3 is 0 Å². The molecule has 1 N–H and O–H groups in total. The summed E-state index contributed by atoms with van der Waals surface area (Å²) >= 11 is 1.31. The van der Waals surface area contributed by atoms with Gasteiger partial charge in [-0.1, -0.05) is 42.8 Å². The number of nitrogens with zero attached hydrogens (tertiary/aromatic N) is 2. The number of amides is 1. The molecule has 4 rings (SSSR count). The third kappa shape index (κ3) is 4.22. The van der Waals surface area contributed by atoms with E-state index in [9.17, 15) is 9.59 Å². The highest BCUT2D eigenvalue weighted by Gasteiger charge is 2.19. The fourth-order valence-corrected chi connectivity index (χ4v) is 4.59. The first kappa shape index (κ1) is 19.7. The molecule has 2 aromatic carbocycles. The van der Waals surface area contributed by atoms with Crippen molar-refractivity contribution >= 4 is 28.6 Å². The van der Waals surface area contributed by atoms with Crippen LogP contribution in [0.15, 0.2) is 52.4 Å². The Morgan fingerprint density at radius 2 is 1.90 bits per heavy atom. The number of hydrogen-bond donors (Lipinski definition) is 1. The van der Waals surface area contributed by atoms with E-state index in [1.165, 1.54) is 30.2 Å². The quantitative estimate of drug-likeness (QED) is 0.510. The van der Waals surface area contributed by atoms with Crippen LogP contribution in [0, 0.1) is 13.8 Å². The highest BCUT2D eigenvalue weighted by atomic mass is 32.2. The van der Waals surface area contributed by atoms with Crippen molar-refractivity contribution < 1.29 is 4.79 Å². The number of aromatic nitrogens is 2. The Morgan fingerprint density at radius 1 is 1.14 bits per heavy atom. The van der Waals surface area contributed by atoms with Crippen LogP contribution < -0.4 is 10.9 Å². The van der Waals surface area contributed by atoms with Gasteiger partial charge in [-0.3, -0.25) is 14.2 Å². The molecule has 1 aliphatic carbocycles. The molecule has 0 bridgehead atoms. The van der Waals surface area contributed by atoms with Crippen molar-refractivity contribution in [2.75, 3.05) is 5.75 Å². The summed E-state index contributed by atoms with van der Waals surface area (Å²) in [5, 5.41) is 4.22. The Hall–Kier alpha value is -2.60. The van der Waals surface area contributed by atoms with Crippen molar-refractivity contribution in [1.82, 2.24) is 14.9 Å². The van der Waals surface area contributed by atoms with Crippen molar-refractivity contribution in [2.24, 2.45) is 0 Å². The Morgan fingerprint density at radius 3 is 2.66 bits per heavy atom. The third-order valence-electron chi connectivity index (χ3n) is 5.55. The van der Waals surface area contributed by atoms with Crippen LogP contribution in [0.1, 0.15) is 36.8 Å². The molecule has 1 heterocycles. The van der Waals surface area contributed by atoms with E-state index in [0.29, 0.717) is 16.1 Å². The highest BCUT2D eigenvalue weighted by Crippen LogP contribution is 2.23. The van der Waals surface area contributed by atoms with Crippen LogP contribution >= 0.6 is 11.8 Å². The van der Waals surface area contributed by atoms with Crippen LogP contribution in [0.4, 0.5) is 0 Å². The molecule has 0 atom stereocenters. The van der Waals surface area contributed by atoms with Crippen molar-refractivity contribution in [3.05, 3.63) is 63.9 Å². The molecule has 150 valence electrons. The molecule has 0 unspecified atom stereocenters. The number of carbonyl (C=O) groups is 1. The maximum Gasteiger partial charge on any atom is 0.266 e. The monoisotopic (exact) mass is 407 g/mol. The molecule has 0 radical (unpaired) electrons. The number of nitrogens with one attached hydrogen (secondary N) is 1. The predicted molar refractivity (Wildman–Crippen MR) is 118 cm³/mol. The van der Waals surface area contributed by atoms with Gasteiger partial charge in [-0.25, -0.2) is 4.98 Å². The Bertz CT molecular complexity index is 1120. The van der Waals surface area contributed by atoms with Crippen LogP contribution in [0.5, 0.6) is 0 Å². The number of para-hydroxylation sites is 1. The summed E-state index contributed by atoms with van der Waals surface area (Å²) in [5.41, 5.74) is 3.59. The molecule has 1 aromatic heterocycles. The van der Waals surface area contributed by atoms with Crippen LogP contribution in [-0.2, 0) is 4.79 Å². The topological polar surface area (TPSA) is 64.0 Å². The Balaban J connectivity index is 1.70. The van der Waals surface area contributed by atoms with Crippen LogP contribution in [0.3, 0.4) is 0 Å². The minimum atomic E-state index is -0.113. The Labute approximate surface area is 174 Å². The number of benzene rings is 2. The van der Waals surface area contributed by atoms with Crippen LogP contribution in [0.2, 0.25) is 0 Å². The lowest BCUT2D eigenvalue weighted by molar-refractivity contribution is -0.119. The maximum absolute atomic E-state index is 13.3. The summed E-state index contributed by atoms with van der Waals surface area (Å²) in [6.07, 6.45) is 4.46. The van der Waals surface area contributed by atoms with E-state index >= 15 is 0 Å². The van der Waals surface area contributed by atoms with Crippen molar-refractivity contribution in [3.8, 4) is 5.69 Å². The van der Waals surface area contributed by atoms with Crippen LogP contribution in [-0.4, -0.2) is 27.3 Å². The zero-order chi connectivity index (χ0) is 20.4. The standard InChI is InChI=1S/C23H25N3O2S/c1-15-11-12-18(13-16(15)2)26-22(28)19-9-5-6-10-20(19)25-23(26)29-14-21(27)24-17-7-3-4-8-17/h5-6,9-13,17H,3-4,7-8,14H2,1-2H3,(H,24,27). The Kier molecular flexibility index (Phi) is 5.72. The lowest BCUT2D eigenvalue weighted by Gasteiger charge is -2.15. The molecule has 1 saturated carbocycles. The van der Waals surface area contributed by atoms with Gasteiger partial charge in [0.05, 0.1) is 22.3 Å². The molecule has 3 aromatic rings. The molecule has 0 aliphatic heterocycles. The SMILES string of the molecule is Cc1ccc(-n2c(SCC(=O)NC3CCCC3)nc3ccccc3c2=O)cc1C. The molecule has 5 nitrogen and oxygen atoms in total. The minimum Gasteiger partial charge on any atom is -0.353 e. The van der Waals surface area contributed by atoms with Gasteiger partial charge in [-0.05, 0) is 62.1 Å². The summed E-state index contributed by atoms with van der Waals surface area (Å²) in [6, 6.07) is 13.6. The summed E-state index contributed by atoms with van der Waals surface area (Å²) < 4.78 is 1.63. The highest BCUT2D eigenvalue weighted by molar-refractivity contribution is 7.99. The van der Waals surface area contributed by atoms with Gasteiger partial charge in [0.15, 0.2) is 5.16 Å². The average Bonchev–Trinajstić information content (AvgIpc) is 3.22. The van der Waals surface area contributed by atoms with E-state index in [2.05, 4.69) is 5.32 Å². The van der Waals surface area contributed by atoms with Crippen molar-refractivity contribution in [1.29, 1.82) is 0 Å². The lowest BCUT2D eigenvalue weighted by atomic mass is 10.1. The smallest absolute Gasteiger partial charge is 0.266 e. The molecule has 6 heteroatoms. The van der Waals surface area contributed by atoms with Gasteiger partial charge in [-0.15, -0.1) is 0 Å². The third-order valence-corrected chi connectivity index (χ3v) is 6.48. The fourth-order valence-electron chi connectivity index (χ4n) is 3.77.